The van der Waals surface area contributed by atoms with E-state index in [4.69, 9.17) is 9.26 Å². The third kappa shape index (κ3) is 4.92. The fourth-order valence-corrected chi connectivity index (χ4v) is 2.52. The van der Waals surface area contributed by atoms with E-state index >= 15 is 0 Å². The molecule has 0 unspecified atom stereocenters. The molecule has 0 bridgehead atoms. The van der Waals surface area contributed by atoms with Crippen molar-refractivity contribution < 1.29 is 14.1 Å². The third-order valence-corrected chi connectivity index (χ3v) is 3.92. The van der Waals surface area contributed by atoms with Gasteiger partial charge in [0.1, 0.15) is 5.75 Å². The van der Waals surface area contributed by atoms with Gasteiger partial charge in [0.05, 0.1) is 7.11 Å². The van der Waals surface area contributed by atoms with E-state index in [1.807, 2.05) is 54.6 Å². The molecule has 6 heteroatoms. The second-order valence-corrected chi connectivity index (χ2v) is 5.86. The van der Waals surface area contributed by atoms with Crippen LogP contribution in [0.25, 0.3) is 11.4 Å². The third-order valence-electron chi connectivity index (χ3n) is 3.92. The molecule has 1 amide bonds. The van der Waals surface area contributed by atoms with Crippen molar-refractivity contribution in [3.05, 3.63) is 66.1 Å². The van der Waals surface area contributed by atoms with E-state index in [0.29, 0.717) is 37.5 Å². The Kier molecular flexibility index (Phi) is 5.98. The average Bonchev–Trinajstić information content (AvgIpc) is 3.16. The lowest BCUT2D eigenvalue weighted by molar-refractivity contribution is -0.121. The van der Waals surface area contributed by atoms with E-state index in [2.05, 4.69) is 15.5 Å². The van der Waals surface area contributed by atoms with E-state index in [0.717, 1.165) is 16.9 Å². The van der Waals surface area contributed by atoms with Gasteiger partial charge in [-0.1, -0.05) is 47.6 Å². The predicted octanol–water partition coefficient (Wildman–Crippen LogP) is 3.38. The van der Waals surface area contributed by atoms with Gasteiger partial charge in [-0.05, 0) is 24.1 Å². The minimum atomic E-state index is 0.0152. The Labute approximate surface area is 152 Å². The topological polar surface area (TPSA) is 77.2 Å². The van der Waals surface area contributed by atoms with Gasteiger partial charge in [0.2, 0.25) is 17.6 Å². The second-order valence-electron chi connectivity index (χ2n) is 5.86. The quantitative estimate of drug-likeness (QED) is 0.673. The Morgan fingerprint density at radius 1 is 1.15 bits per heavy atom. The zero-order valence-electron chi connectivity index (χ0n) is 14.6. The number of aromatic nitrogens is 2. The molecule has 134 valence electrons. The summed E-state index contributed by atoms with van der Waals surface area (Å²) in [5.74, 6) is 1.80. The van der Waals surface area contributed by atoms with Gasteiger partial charge in [-0.3, -0.25) is 4.79 Å². The van der Waals surface area contributed by atoms with Crippen LogP contribution in [0.2, 0.25) is 0 Å². The summed E-state index contributed by atoms with van der Waals surface area (Å²) in [5.41, 5.74) is 1.92. The van der Waals surface area contributed by atoms with E-state index in [1.54, 1.807) is 7.11 Å². The van der Waals surface area contributed by atoms with Crippen molar-refractivity contribution in [2.45, 2.75) is 25.8 Å². The fourth-order valence-electron chi connectivity index (χ4n) is 2.52. The Balaban J connectivity index is 1.45. The first-order valence-electron chi connectivity index (χ1n) is 8.52. The van der Waals surface area contributed by atoms with Gasteiger partial charge in [-0.15, -0.1) is 0 Å². The van der Waals surface area contributed by atoms with Crippen molar-refractivity contribution >= 4 is 5.91 Å². The van der Waals surface area contributed by atoms with E-state index < -0.39 is 0 Å². The van der Waals surface area contributed by atoms with Crippen LogP contribution in [0.1, 0.15) is 24.3 Å². The van der Waals surface area contributed by atoms with Crippen molar-refractivity contribution in [3.8, 4) is 17.1 Å². The van der Waals surface area contributed by atoms with Crippen molar-refractivity contribution in [2.75, 3.05) is 7.11 Å². The average molecular weight is 351 g/mol. The highest BCUT2D eigenvalue weighted by molar-refractivity contribution is 5.75. The van der Waals surface area contributed by atoms with Crippen LogP contribution in [0.4, 0.5) is 0 Å². The lowest BCUT2D eigenvalue weighted by atomic mass is 10.2. The molecule has 1 N–H and O–H groups in total. The zero-order valence-corrected chi connectivity index (χ0v) is 14.6. The molecule has 1 heterocycles. The number of hydrogen-bond donors (Lipinski definition) is 1. The fraction of sp³-hybridized carbons (Fsp3) is 0.250. The van der Waals surface area contributed by atoms with Gasteiger partial charge in [0, 0.05) is 24.9 Å². The van der Waals surface area contributed by atoms with Crippen molar-refractivity contribution in [3.63, 3.8) is 0 Å². The number of carbonyl (C=O) groups excluding carboxylic acids is 1. The van der Waals surface area contributed by atoms with Crippen LogP contribution in [0.3, 0.4) is 0 Å². The number of rotatable bonds is 8. The highest BCUT2D eigenvalue weighted by atomic mass is 16.5. The molecule has 0 saturated heterocycles. The molecule has 26 heavy (non-hydrogen) atoms. The van der Waals surface area contributed by atoms with E-state index in [9.17, 15) is 4.79 Å². The van der Waals surface area contributed by atoms with Gasteiger partial charge >= 0.3 is 0 Å². The summed E-state index contributed by atoms with van der Waals surface area (Å²) in [6.07, 6.45) is 1.64. The first kappa shape index (κ1) is 17.7. The largest absolute Gasteiger partial charge is 0.497 e. The number of nitrogens with one attached hydrogen (secondary N) is 1. The summed E-state index contributed by atoms with van der Waals surface area (Å²) < 4.78 is 10.5. The van der Waals surface area contributed by atoms with E-state index in [-0.39, 0.29) is 5.91 Å². The minimum Gasteiger partial charge on any atom is -0.497 e. The van der Waals surface area contributed by atoms with Crippen LogP contribution in [-0.2, 0) is 17.8 Å². The van der Waals surface area contributed by atoms with Crippen LogP contribution in [0, 0.1) is 0 Å². The smallest absolute Gasteiger partial charge is 0.226 e. The molecule has 0 spiro atoms. The Morgan fingerprint density at radius 2 is 2.00 bits per heavy atom. The number of benzene rings is 2. The summed E-state index contributed by atoms with van der Waals surface area (Å²) in [5, 5.41) is 6.90. The Morgan fingerprint density at radius 3 is 2.81 bits per heavy atom. The number of nitrogens with zero attached hydrogens (tertiary/aromatic N) is 2. The molecule has 0 saturated carbocycles. The molecule has 1 aromatic heterocycles. The minimum absolute atomic E-state index is 0.0152. The summed E-state index contributed by atoms with van der Waals surface area (Å²) in [4.78, 5) is 16.3. The summed E-state index contributed by atoms with van der Waals surface area (Å²) in [7, 11) is 1.61. The van der Waals surface area contributed by atoms with Crippen LogP contribution in [-0.4, -0.2) is 23.2 Å². The molecular weight excluding hydrogens is 330 g/mol. The molecule has 2 aromatic carbocycles. The zero-order chi connectivity index (χ0) is 18.2. The predicted molar refractivity (Wildman–Crippen MR) is 97.5 cm³/mol. The molecule has 0 aliphatic heterocycles. The van der Waals surface area contributed by atoms with Gasteiger partial charge in [-0.2, -0.15) is 4.98 Å². The number of aryl methyl sites for hydroxylation is 1. The maximum Gasteiger partial charge on any atom is 0.226 e. The van der Waals surface area contributed by atoms with Crippen molar-refractivity contribution in [2.24, 2.45) is 0 Å². The maximum atomic E-state index is 11.9. The highest BCUT2D eigenvalue weighted by Crippen LogP contribution is 2.21. The summed E-state index contributed by atoms with van der Waals surface area (Å²) in [6, 6.07) is 17.3. The SMILES string of the molecule is COc1cccc(-c2noc(CCCC(=O)NCc3ccccc3)n2)c1. The normalized spacial score (nSPS) is 10.5. The molecular formula is C20H21N3O3. The van der Waals surface area contributed by atoms with Gasteiger partial charge < -0.3 is 14.6 Å². The molecule has 0 aliphatic rings. The van der Waals surface area contributed by atoms with E-state index in [1.165, 1.54) is 0 Å². The highest BCUT2D eigenvalue weighted by Gasteiger charge is 2.10. The van der Waals surface area contributed by atoms with Gasteiger partial charge in [-0.25, -0.2) is 0 Å². The monoisotopic (exact) mass is 351 g/mol. The van der Waals surface area contributed by atoms with Crippen LogP contribution in [0.5, 0.6) is 5.75 Å². The van der Waals surface area contributed by atoms with Crippen LogP contribution >= 0.6 is 0 Å². The Bertz CT molecular complexity index is 846. The first-order chi connectivity index (χ1) is 12.7. The lowest BCUT2D eigenvalue weighted by Crippen LogP contribution is -2.22. The first-order valence-corrected chi connectivity index (χ1v) is 8.52. The number of carbonyl (C=O) groups is 1. The van der Waals surface area contributed by atoms with Crippen molar-refractivity contribution in [1.82, 2.24) is 15.5 Å². The molecule has 6 nitrogen and oxygen atoms in total. The standard InChI is InChI=1S/C20H21N3O3/c1-25-17-10-5-9-16(13-17)20-22-19(26-23-20)12-6-11-18(24)21-14-15-7-3-2-4-8-15/h2-5,7-10,13H,6,11-12,14H2,1H3,(H,21,24). The van der Waals surface area contributed by atoms with Crippen LogP contribution < -0.4 is 10.1 Å². The molecule has 0 radical (unpaired) electrons. The molecule has 0 fully saturated rings. The number of hydrogen-bond acceptors (Lipinski definition) is 5. The number of amides is 1. The van der Waals surface area contributed by atoms with Crippen LogP contribution in [0.15, 0.2) is 59.1 Å². The molecule has 3 rings (SSSR count). The van der Waals surface area contributed by atoms with Gasteiger partial charge in [0.25, 0.3) is 0 Å². The molecule has 3 aromatic rings. The maximum absolute atomic E-state index is 11.9. The molecule has 0 aliphatic carbocycles. The number of ether oxygens (including phenoxy) is 1. The Hall–Kier alpha value is -3.15. The second kappa shape index (κ2) is 8.80. The summed E-state index contributed by atoms with van der Waals surface area (Å²) in [6.45, 7) is 0.542. The summed E-state index contributed by atoms with van der Waals surface area (Å²) >= 11 is 0. The van der Waals surface area contributed by atoms with Crippen molar-refractivity contribution in [1.29, 1.82) is 0 Å². The lowest BCUT2D eigenvalue weighted by Gasteiger charge is -2.04. The number of methoxy groups -OCH3 is 1. The molecule has 0 atom stereocenters. The van der Waals surface area contributed by atoms with Gasteiger partial charge in [0.15, 0.2) is 0 Å².